The van der Waals surface area contributed by atoms with E-state index in [1.807, 2.05) is 54.6 Å². The summed E-state index contributed by atoms with van der Waals surface area (Å²) in [6.07, 6.45) is 3.97. The second-order valence-electron chi connectivity index (χ2n) is 4.09. The zero-order valence-corrected chi connectivity index (χ0v) is 11.2. The summed E-state index contributed by atoms with van der Waals surface area (Å²) in [5.41, 5.74) is 2.14. The molecule has 0 fully saturated rings. The first kappa shape index (κ1) is 11.4. The van der Waals surface area contributed by atoms with Crippen LogP contribution in [0.2, 0.25) is 0 Å². The van der Waals surface area contributed by atoms with Crippen LogP contribution in [0.3, 0.4) is 0 Å². The normalized spacial score (nSPS) is 16.8. The summed E-state index contributed by atoms with van der Waals surface area (Å²) in [5, 5.41) is 3.32. The molecular weight excluding hydrogens is 290 g/mol. The predicted molar refractivity (Wildman–Crippen MR) is 77.7 cm³/mol. The molecule has 0 radical (unpaired) electrons. The molecule has 18 heavy (non-hydrogen) atoms. The Morgan fingerprint density at radius 1 is 1.06 bits per heavy atom. The Hall–Kier alpha value is -1.74. The van der Waals surface area contributed by atoms with Gasteiger partial charge in [0.1, 0.15) is 5.75 Å². The first-order valence-corrected chi connectivity index (χ1v) is 6.56. The van der Waals surface area contributed by atoms with Gasteiger partial charge in [0.25, 0.3) is 0 Å². The molecule has 2 aromatic carbocycles. The van der Waals surface area contributed by atoms with Crippen molar-refractivity contribution in [2.24, 2.45) is 0 Å². The van der Waals surface area contributed by atoms with Gasteiger partial charge in [0, 0.05) is 15.7 Å². The lowest BCUT2D eigenvalue weighted by Gasteiger charge is -2.23. The van der Waals surface area contributed by atoms with Gasteiger partial charge in [0.05, 0.1) is 0 Å². The van der Waals surface area contributed by atoms with Gasteiger partial charge >= 0.3 is 0 Å². The van der Waals surface area contributed by atoms with Crippen LogP contribution in [0.15, 0.2) is 59.1 Å². The van der Waals surface area contributed by atoms with E-state index in [0.717, 1.165) is 21.5 Å². The Morgan fingerprint density at radius 2 is 1.89 bits per heavy atom. The quantitative estimate of drug-likeness (QED) is 0.893. The molecule has 2 aromatic rings. The summed E-state index contributed by atoms with van der Waals surface area (Å²) in [4.78, 5) is 0. The number of para-hydroxylation sites is 1. The first-order chi connectivity index (χ1) is 8.81. The van der Waals surface area contributed by atoms with Crippen LogP contribution in [0.1, 0.15) is 5.56 Å². The minimum atomic E-state index is -0.124. The van der Waals surface area contributed by atoms with Crippen LogP contribution in [0.5, 0.6) is 5.75 Å². The molecule has 0 aliphatic carbocycles. The molecule has 1 aliphatic heterocycles. The summed E-state index contributed by atoms with van der Waals surface area (Å²) < 4.78 is 6.93. The maximum absolute atomic E-state index is 5.87. The van der Waals surface area contributed by atoms with Gasteiger partial charge < -0.3 is 10.1 Å². The highest BCUT2D eigenvalue weighted by Crippen LogP contribution is 2.29. The van der Waals surface area contributed by atoms with Gasteiger partial charge in [-0.15, -0.1) is 0 Å². The summed E-state index contributed by atoms with van der Waals surface area (Å²) >= 11 is 3.45. The molecule has 0 spiro atoms. The average molecular weight is 302 g/mol. The van der Waals surface area contributed by atoms with Crippen molar-refractivity contribution in [3.05, 3.63) is 64.6 Å². The van der Waals surface area contributed by atoms with Crippen LogP contribution in [0, 0.1) is 0 Å². The Balaban J connectivity index is 1.78. The van der Waals surface area contributed by atoms with E-state index >= 15 is 0 Å². The van der Waals surface area contributed by atoms with Gasteiger partial charge in [-0.2, -0.15) is 0 Å². The second kappa shape index (κ2) is 4.86. The van der Waals surface area contributed by atoms with Crippen LogP contribution in [0.25, 0.3) is 6.08 Å². The number of ether oxygens (including phenoxy) is 1. The molecule has 1 heterocycles. The molecule has 1 aliphatic rings. The number of benzene rings is 2. The molecule has 3 rings (SSSR count). The molecule has 1 atom stereocenters. The zero-order chi connectivity index (χ0) is 12.4. The number of halogens is 1. The number of hydrogen-bond acceptors (Lipinski definition) is 2. The van der Waals surface area contributed by atoms with Crippen molar-refractivity contribution in [2.45, 2.75) is 6.23 Å². The van der Waals surface area contributed by atoms with E-state index in [1.165, 1.54) is 0 Å². The molecule has 0 amide bonds. The fraction of sp³-hybridized carbons (Fsp3) is 0.0667. The third-order valence-corrected chi connectivity index (χ3v) is 3.25. The van der Waals surface area contributed by atoms with Crippen molar-refractivity contribution in [1.29, 1.82) is 0 Å². The van der Waals surface area contributed by atoms with Crippen molar-refractivity contribution < 1.29 is 4.74 Å². The summed E-state index contributed by atoms with van der Waals surface area (Å²) in [6.45, 7) is 0. The van der Waals surface area contributed by atoms with Crippen molar-refractivity contribution in [3.8, 4) is 5.75 Å². The van der Waals surface area contributed by atoms with Gasteiger partial charge in [-0.05, 0) is 42.5 Å². The highest BCUT2D eigenvalue weighted by Gasteiger charge is 2.14. The Kier molecular flexibility index (Phi) is 3.07. The van der Waals surface area contributed by atoms with Gasteiger partial charge in [-0.25, -0.2) is 0 Å². The van der Waals surface area contributed by atoms with Crippen LogP contribution in [-0.2, 0) is 0 Å². The highest BCUT2D eigenvalue weighted by molar-refractivity contribution is 9.10. The zero-order valence-electron chi connectivity index (χ0n) is 9.64. The SMILES string of the molecule is Brc1ccc2c(c1)C=CC(Nc1ccccc1)O2. The molecule has 0 saturated heterocycles. The number of hydrogen-bond donors (Lipinski definition) is 1. The lowest BCUT2D eigenvalue weighted by atomic mass is 10.1. The number of nitrogens with one attached hydrogen (secondary N) is 1. The van der Waals surface area contributed by atoms with Crippen molar-refractivity contribution >= 4 is 27.7 Å². The highest BCUT2D eigenvalue weighted by atomic mass is 79.9. The fourth-order valence-corrected chi connectivity index (χ4v) is 2.28. The summed E-state index contributed by atoms with van der Waals surface area (Å²) in [5.74, 6) is 0.897. The maximum atomic E-state index is 5.87. The summed E-state index contributed by atoms with van der Waals surface area (Å²) in [6, 6.07) is 16.0. The van der Waals surface area contributed by atoms with Gasteiger partial charge in [0.2, 0.25) is 0 Å². The van der Waals surface area contributed by atoms with Crippen LogP contribution < -0.4 is 10.1 Å². The topological polar surface area (TPSA) is 21.3 Å². The Labute approximate surface area is 114 Å². The van der Waals surface area contributed by atoms with E-state index in [1.54, 1.807) is 0 Å². The second-order valence-corrected chi connectivity index (χ2v) is 5.01. The third-order valence-electron chi connectivity index (χ3n) is 2.76. The summed E-state index contributed by atoms with van der Waals surface area (Å²) in [7, 11) is 0. The van der Waals surface area contributed by atoms with Gasteiger partial charge in [-0.3, -0.25) is 0 Å². The standard InChI is InChI=1S/C15H12BrNO/c16-12-7-8-14-11(10-12)6-9-15(18-14)17-13-4-2-1-3-5-13/h1-10,15,17H. The van der Waals surface area contributed by atoms with E-state index in [4.69, 9.17) is 4.74 Å². The van der Waals surface area contributed by atoms with E-state index < -0.39 is 0 Å². The minimum Gasteiger partial charge on any atom is -0.467 e. The number of fused-ring (bicyclic) bond motifs is 1. The molecular formula is C15H12BrNO. The number of anilines is 1. The van der Waals surface area contributed by atoms with E-state index in [9.17, 15) is 0 Å². The first-order valence-electron chi connectivity index (χ1n) is 5.77. The van der Waals surface area contributed by atoms with E-state index in [2.05, 4.69) is 27.3 Å². The van der Waals surface area contributed by atoms with Crippen molar-refractivity contribution in [1.82, 2.24) is 0 Å². The molecule has 2 nitrogen and oxygen atoms in total. The lowest BCUT2D eigenvalue weighted by molar-refractivity contribution is 0.274. The van der Waals surface area contributed by atoms with Crippen LogP contribution in [-0.4, -0.2) is 6.23 Å². The smallest absolute Gasteiger partial charge is 0.189 e. The van der Waals surface area contributed by atoms with Crippen molar-refractivity contribution in [2.75, 3.05) is 5.32 Å². The molecule has 3 heteroatoms. The Bertz CT molecular complexity index is 580. The third kappa shape index (κ3) is 2.41. The van der Waals surface area contributed by atoms with Crippen LogP contribution in [0.4, 0.5) is 5.69 Å². The molecule has 0 bridgehead atoms. The van der Waals surface area contributed by atoms with Crippen molar-refractivity contribution in [3.63, 3.8) is 0 Å². The minimum absolute atomic E-state index is 0.124. The average Bonchev–Trinajstić information content (AvgIpc) is 2.40. The van der Waals surface area contributed by atoms with Gasteiger partial charge in [-0.1, -0.05) is 34.1 Å². The molecule has 90 valence electrons. The van der Waals surface area contributed by atoms with Gasteiger partial charge in [0.15, 0.2) is 6.23 Å². The molecule has 1 N–H and O–H groups in total. The molecule has 1 unspecified atom stereocenters. The maximum Gasteiger partial charge on any atom is 0.189 e. The van der Waals surface area contributed by atoms with Crippen LogP contribution >= 0.6 is 15.9 Å². The van der Waals surface area contributed by atoms with E-state index in [-0.39, 0.29) is 6.23 Å². The monoisotopic (exact) mass is 301 g/mol. The molecule has 0 saturated carbocycles. The Morgan fingerprint density at radius 3 is 2.72 bits per heavy atom. The predicted octanol–water partition coefficient (Wildman–Crippen LogP) is 4.29. The number of rotatable bonds is 2. The van der Waals surface area contributed by atoms with E-state index in [0.29, 0.717) is 0 Å². The largest absolute Gasteiger partial charge is 0.467 e. The fourth-order valence-electron chi connectivity index (χ4n) is 1.90. The lowest BCUT2D eigenvalue weighted by Crippen LogP contribution is -2.25. The molecule has 0 aromatic heterocycles.